The Kier molecular flexibility index (Phi) is 3.59. The minimum Gasteiger partial charge on any atom is -0.373 e. The summed E-state index contributed by atoms with van der Waals surface area (Å²) >= 11 is 0. The van der Waals surface area contributed by atoms with Gasteiger partial charge >= 0.3 is 0 Å². The molecule has 1 aliphatic rings. The Balaban J connectivity index is 2.43. The maximum Gasteiger partial charge on any atom is 0.255 e. The minimum absolute atomic E-state index is 0.0418. The van der Waals surface area contributed by atoms with Crippen LogP contribution in [0.15, 0.2) is 4.79 Å². The molecular formula is C12H19N3O2. The average Bonchev–Trinajstić information content (AvgIpc) is 2.29. The zero-order valence-corrected chi connectivity index (χ0v) is 10.5. The third-order valence-corrected chi connectivity index (χ3v) is 3.09. The van der Waals surface area contributed by atoms with E-state index >= 15 is 0 Å². The van der Waals surface area contributed by atoms with Crippen molar-refractivity contribution in [3.8, 4) is 0 Å². The molecule has 17 heavy (non-hydrogen) atoms. The van der Waals surface area contributed by atoms with E-state index in [1.165, 1.54) is 0 Å². The van der Waals surface area contributed by atoms with Gasteiger partial charge in [0.2, 0.25) is 0 Å². The van der Waals surface area contributed by atoms with Gasteiger partial charge in [-0.3, -0.25) is 4.79 Å². The van der Waals surface area contributed by atoms with Crippen LogP contribution in [0.25, 0.3) is 0 Å². The molecule has 0 saturated heterocycles. The molecule has 1 unspecified atom stereocenters. The van der Waals surface area contributed by atoms with Crippen molar-refractivity contribution in [1.29, 1.82) is 0 Å². The molecule has 0 spiro atoms. The van der Waals surface area contributed by atoms with Crippen LogP contribution in [-0.2, 0) is 17.7 Å². The highest BCUT2D eigenvalue weighted by atomic mass is 16.5. The van der Waals surface area contributed by atoms with Gasteiger partial charge in [-0.15, -0.1) is 0 Å². The largest absolute Gasteiger partial charge is 0.373 e. The Bertz CT molecular complexity index is 454. The number of rotatable bonds is 3. The summed E-state index contributed by atoms with van der Waals surface area (Å²) in [4.78, 5) is 19.3. The summed E-state index contributed by atoms with van der Waals surface area (Å²) in [6.45, 7) is 5.59. The predicted octanol–water partition coefficient (Wildman–Crippen LogP) is 0.759. The van der Waals surface area contributed by atoms with Gasteiger partial charge in [-0.2, -0.15) is 0 Å². The molecule has 0 amide bonds. The first-order valence-corrected chi connectivity index (χ1v) is 5.99. The summed E-state index contributed by atoms with van der Waals surface area (Å²) < 4.78 is 5.40. The van der Waals surface area contributed by atoms with Crippen LogP contribution in [0.4, 0.5) is 0 Å². The van der Waals surface area contributed by atoms with Gasteiger partial charge in [0.15, 0.2) is 0 Å². The molecule has 94 valence electrons. The van der Waals surface area contributed by atoms with Crippen molar-refractivity contribution >= 4 is 0 Å². The number of H-pyrrole nitrogens is 1. The average molecular weight is 237 g/mol. The van der Waals surface area contributed by atoms with E-state index in [9.17, 15) is 4.79 Å². The molecule has 0 aliphatic carbocycles. The number of nitrogens with zero attached hydrogens (tertiary/aromatic N) is 1. The molecule has 5 heteroatoms. The molecule has 0 bridgehead atoms. The molecule has 1 aromatic heterocycles. The number of aromatic nitrogens is 2. The predicted molar refractivity (Wildman–Crippen MR) is 64.9 cm³/mol. The van der Waals surface area contributed by atoms with Gasteiger partial charge < -0.3 is 15.0 Å². The lowest BCUT2D eigenvalue weighted by Gasteiger charge is -2.21. The zero-order chi connectivity index (χ0) is 12.4. The number of nitrogens with one attached hydrogen (secondary N) is 2. The first kappa shape index (κ1) is 12.3. The van der Waals surface area contributed by atoms with E-state index in [1.54, 1.807) is 7.11 Å². The van der Waals surface area contributed by atoms with Crippen LogP contribution in [0.3, 0.4) is 0 Å². The van der Waals surface area contributed by atoms with E-state index < -0.39 is 0 Å². The summed E-state index contributed by atoms with van der Waals surface area (Å²) in [5.41, 5.74) is 1.63. The van der Waals surface area contributed by atoms with Crippen LogP contribution < -0.4 is 10.9 Å². The maximum atomic E-state index is 11.9. The third-order valence-electron chi connectivity index (χ3n) is 3.09. The number of ether oxygens (including phenoxy) is 1. The summed E-state index contributed by atoms with van der Waals surface area (Å²) in [5.74, 6) is 0.927. The fourth-order valence-corrected chi connectivity index (χ4v) is 2.21. The van der Waals surface area contributed by atoms with Crippen molar-refractivity contribution < 1.29 is 4.74 Å². The number of hydrogen-bond acceptors (Lipinski definition) is 4. The molecule has 0 radical (unpaired) electrons. The highest BCUT2D eigenvalue weighted by Crippen LogP contribution is 2.22. The van der Waals surface area contributed by atoms with Gasteiger partial charge in [0.25, 0.3) is 5.56 Å². The summed E-state index contributed by atoms with van der Waals surface area (Å²) in [6.07, 6.45) is 0.656. The molecule has 0 fully saturated rings. The fraction of sp³-hybridized carbons (Fsp3) is 0.667. The molecule has 2 heterocycles. The maximum absolute atomic E-state index is 11.9. The van der Waals surface area contributed by atoms with Gasteiger partial charge in [-0.05, 0) is 5.92 Å². The summed E-state index contributed by atoms with van der Waals surface area (Å²) in [5, 5.41) is 3.18. The first-order chi connectivity index (χ1) is 8.13. The molecular weight excluding hydrogens is 218 g/mol. The van der Waals surface area contributed by atoms with Gasteiger partial charge in [-0.1, -0.05) is 13.8 Å². The number of hydrogen-bond donors (Lipinski definition) is 2. The first-order valence-electron chi connectivity index (χ1n) is 5.99. The third kappa shape index (κ3) is 2.40. The quantitative estimate of drug-likeness (QED) is 0.814. The molecule has 2 N–H and O–H groups in total. The fourth-order valence-electron chi connectivity index (χ4n) is 2.21. The SMILES string of the molecule is COC(c1nc2c(c(=O)[nH]1)CNCC2)C(C)C. The van der Waals surface area contributed by atoms with Crippen molar-refractivity contribution in [2.45, 2.75) is 32.9 Å². The van der Waals surface area contributed by atoms with Gasteiger partial charge in [0.05, 0.1) is 11.3 Å². The lowest BCUT2D eigenvalue weighted by molar-refractivity contribution is 0.0569. The summed E-state index contributed by atoms with van der Waals surface area (Å²) in [7, 11) is 1.64. The van der Waals surface area contributed by atoms with E-state index in [0.717, 1.165) is 24.2 Å². The van der Waals surface area contributed by atoms with Crippen LogP contribution in [0, 0.1) is 5.92 Å². The highest BCUT2D eigenvalue weighted by molar-refractivity contribution is 5.21. The Morgan fingerprint density at radius 1 is 1.41 bits per heavy atom. The van der Waals surface area contributed by atoms with Gasteiger partial charge in [0, 0.05) is 26.6 Å². The molecule has 0 aromatic carbocycles. The van der Waals surface area contributed by atoms with Crippen molar-refractivity contribution in [2.24, 2.45) is 5.92 Å². The molecule has 1 atom stereocenters. The molecule has 5 nitrogen and oxygen atoms in total. The second kappa shape index (κ2) is 4.98. The lowest BCUT2D eigenvalue weighted by atomic mass is 10.0. The Labute approximate surface area is 101 Å². The van der Waals surface area contributed by atoms with Crippen molar-refractivity contribution in [3.05, 3.63) is 27.4 Å². The van der Waals surface area contributed by atoms with Crippen LogP contribution in [0.5, 0.6) is 0 Å². The van der Waals surface area contributed by atoms with E-state index in [0.29, 0.717) is 12.4 Å². The Hall–Kier alpha value is -1.20. The molecule has 2 rings (SSSR count). The normalized spacial score (nSPS) is 16.9. The molecule has 1 aliphatic heterocycles. The molecule has 1 aromatic rings. The van der Waals surface area contributed by atoms with Gasteiger partial charge in [0.1, 0.15) is 11.9 Å². The Morgan fingerprint density at radius 2 is 2.18 bits per heavy atom. The van der Waals surface area contributed by atoms with E-state index in [2.05, 4.69) is 29.1 Å². The van der Waals surface area contributed by atoms with E-state index in [1.807, 2.05) is 0 Å². The second-order valence-corrected chi connectivity index (χ2v) is 4.70. The minimum atomic E-state index is -0.150. The second-order valence-electron chi connectivity index (χ2n) is 4.70. The summed E-state index contributed by atoms with van der Waals surface area (Å²) in [6, 6.07) is 0. The van der Waals surface area contributed by atoms with Crippen molar-refractivity contribution in [1.82, 2.24) is 15.3 Å². The van der Waals surface area contributed by atoms with Crippen molar-refractivity contribution in [2.75, 3.05) is 13.7 Å². The van der Waals surface area contributed by atoms with E-state index in [-0.39, 0.29) is 17.6 Å². The highest BCUT2D eigenvalue weighted by Gasteiger charge is 2.21. The molecule has 0 saturated carbocycles. The van der Waals surface area contributed by atoms with Crippen LogP contribution >= 0.6 is 0 Å². The van der Waals surface area contributed by atoms with Crippen LogP contribution in [0.2, 0.25) is 0 Å². The van der Waals surface area contributed by atoms with Crippen LogP contribution in [0.1, 0.15) is 37.0 Å². The zero-order valence-electron chi connectivity index (χ0n) is 10.5. The number of aromatic amines is 1. The smallest absolute Gasteiger partial charge is 0.255 e. The lowest BCUT2D eigenvalue weighted by Crippen LogP contribution is -2.33. The number of fused-ring (bicyclic) bond motifs is 1. The van der Waals surface area contributed by atoms with Gasteiger partial charge in [-0.25, -0.2) is 4.98 Å². The standard InChI is InChI=1S/C12H19N3O2/c1-7(2)10(17-3)11-14-9-4-5-13-6-8(9)12(16)15-11/h7,10,13H,4-6H2,1-3H3,(H,14,15,16). The topological polar surface area (TPSA) is 67.0 Å². The Morgan fingerprint density at radius 3 is 2.82 bits per heavy atom. The van der Waals surface area contributed by atoms with E-state index in [4.69, 9.17) is 4.74 Å². The monoisotopic (exact) mass is 237 g/mol. The number of methoxy groups -OCH3 is 1. The van der Waals surface area contributed by atoms with Crippen molar-refractivity contribution in [3.63, 3.8) is 0 Å². The van der Waals surface area contributed by atoms with Crippen LogP contribution in [-0.4, -0.2) is 23.6 Å².